The van der Waals surface area contributed by atoms with Gasteiger partial charge in [-0.1, -0.05) is 36.7 Å². The molecule has 1 aliphatic rings. The molecule has 1 heterocycles. The summed E-state index contributed by atoms with van der Waals surface area (Å²) in [6.07, 6.45) is -1.84. The molecular formula is C34H32N2O18S2. The lowest BCUT2D eigenvalue weighted by atomic mass is 10.3. The Kier molecular flexibility index (Phi) is 20.8. The minimum Gasteiger partial charge on any atom is -0.462 e. The van der Waals surface area contributed by atoms with Gasteiger partial charge in [-0.05, 0) is 12.1 Å². The Hall–Kier alpha value is -6.52. The van der Waals surface area contributed by atoms with Crippen LogP contribution < -0.4 is 9.47 Å². The molecule has 2 rings (SSSR count). The highest BCUT2D eigenvalue weighted by Gasteiger charge is 2.30. The molecule has 0 saturated carbocycles. The molecule has 0 fully saturated rings. The molecule has 1 aromatic carbocycles. The molecule has 1 aromatic rings. The van der Waals surface area contributed by atoms with Crippen molar-refractivity contribution in [2.75, 3.05) is 52.9 Å². The monoisotopic (exact) mass is 820 g/mol. The molecule has 56 heavy (non-hydrogen) atoms. The van der Waals surface area contributed by atoms with E-state index in [9.17, 15) is 43.6 Å². The van der Waals surface area contributed by atoms with E-state index in [1.54, 1.807) is 6.07 Å². The zero-order chi connectivity index (χ0) is 41.3. The van der Waals surface area contributed by atoms with Crippen LogP contribution in [0.4, 0.5) is 9.59 Å². The van der Waals surface area contributed by atoms with Gasteiger partial charge in [-0.2, -0.15) is 0 Å². The van der Waals surface area contributed by atoms with Crippen LogP contribution in [-0.4, -0.2) is 101 Å². The third kappa shape index (κ3) is 17.5. The van der Waals surface area contributed by atoms with Crippen molar-refractivity contribution in [2.45, 2.75) is 35.5 Å². The lowest BCUT2D eigenvalue weighted by Gasteiger charge is -2.12. The molecule has 0 aliphatic carbocycles. The minimum absolute atomic E-state index is 0.0952. The summed E-state index contributed by atoms with van der Waals surface area (Å²) in [7, 11) is 0. The van der Waals surface area contributed by atoms with E-state index in [-0.39, 0.29) is 96.5 Å². The Labute approximate surface area is 326 Å². The van der Waals surface area contributed by atoms with Crippen molar-refractivity contribution in [3.05, 3.63) is 58.8 Å². The Balaban J connectivity index is 1.82. The zero-order valence-electron chi connectivity index (χ0n) is 29.3. The number of thioether (sulfide) groups is 2. The Bertz CT molecular complexity index is 1670. The Morgan fingerprint density at radius 1 is 0.589 bits per heavy atom. The number of nitrogens with zero attached hydrogens (tertiary/aromatic N) is 2. The second kappa shape index (κ2) is 25.5. The number of fused-ring (bicyclic) bond motifs is 1. The molecule has 0 radical (unpaired) electrons. The summed E-state index contributed by atoms with van der Waals surface area (Å²) >= 11 is 1.77. The fraction of sp³-hybridized carbons (Fsp3) is 0.353. The number of carbonyl (C=O) groups excluding carboxylic acids is 8. The summed E-state index contributed by atoms with van der Waals surface area (Å²) in [6, 6.07) is 4.23. The fourth-order valence-corrected chi connectivity index (χ4v) is 5.98. The maximum Gasteiger partial charge on any atom is 0.514 e. The summed E-state index contributed by atoms with van der Waals surface area (Å²) in [6.45, 7) is 11.3. The molecule has 1 aliphatic heterocycles. The number of carbonyl (C=O) groups is 8. The van der Waals surface area contributed by atoms with Gasteiger partial charge in [0.1, 0.15) is 64.4 Å². The number of benzene rings is 1. The maximum absolute atomic E-state index is 12.4. The number of hydrogen-bond acceptors (Lipinski definition) is 21. The van der Waals surface area contributed by atoms with Gasteiger partial charge in [0.25, 0.3) is 5.70 Å². The van der Waals surface area contributed by atoms with Crippen LogP contribution in [0.3, 0.4) is 0 Å². The maximum atomic E-state index is 12.4. The molecule has 0 atom stereocenters. The number of rotatable bonds is 22. The third-order valence-corrected chi connectivity index (χ3v) is 8.55. The Morgan fingerprint density at radius 2 is 0.911 bits per heavy atom. The largest absolute Gasteiger partial charge is 0.514 e. The van der Waals surface area contributed by atoms with Crippen LogP contribution in [0.2, 0.25) is 0 Å². The first-order valence-corrected chi connectivity index (χ1v) is 17.5. The first-order valence-electron chi connectivity index (χ1n) is 15.8. The van der Waals surface area contributed by atoms with Gasteiger partial charge in [-0.3, -0.25) is 19.2 Å². The quantitative estimate of drug-likeness (QED) is 0.0307. The van der Waals surface area contributed by atoms with Crippen molar-refractivity contribution in [1.82, 2.24) is 0 Å². The normalized spacial score (nSPS) is 10.8. The van der Waals surface area contributed by atoms with Crippen LogP contribution in [0, 0.1) is 17.9 Å². The predicted molar refractivity (Wildman–Crippen MR) is 186 cm³/mol. The zero-order valence-corrected chi connectivity index (χ0v) is 30.9. The van der Waals surface area contributed by atoms with Crippen LogP contribution in [0.1, 0.15) is 25.7 Å². The van der Waals surface area contributed by atoms with E-state index in [2.05, 4.69) is 27.5 Å². The third-order valence-electron chi connectivity index (χ3n) is 5.94. The lowest BCUT2D eigenvalue weighted by molar-refractivity contribution is -0.153. The van der Waals surface area contributed by atoms with Crippen molar-refractivity contribution in [2.24, 2.45) is 0 Å². The first-order chi connectivity index (χ1) is 26.9. The molecule has 0 saturated heterocycles. The summed E-state index contributed by atoms with van der Waals surface area (Å²) in [5, 5.41) is 9.36. The van der Waals surface area contributed by atoms with Gasteiger partial charge in [-0.25, -0.2) is 29.3 Å². The van der Waals surface area contributed by atoms with Crippen LogP contribution in [0.15, 0.2) is 57.2 Å². The van der Waals surface area contributed by atoms with E-state index in [0.29, 0.717) is 0 Å². The topological polar surface area (TPSA) is 257 Å². The van der Waals surface area contributed by atoms with E-state index in [4.69, 9.17) is 44.5 Å². The second-order valence-electron chi connectivity index (χ2n) is 9.81. The Morgan fingerprint density at radius 3 is 1.21 bits per heavy atom. The molecule has 0 spiro atoms. The van der Waals surface area contributed by atoms with E-state index in [0.717, 1.165) is 35.7 Å². The average molecular weight is 821 g/mol. The van der Waals surface area contributed by atoms with Crippen molar-refractivity contribution in [3.63, 3.8) is 0 Å². The molecule has 0 N–H and O–H groups in total. The van der Waals surface area contributed by atoms with Gasteiger partial charge >= 0.3 is 48.1 Å². The van der Waals surface area contributed by atoms with E-state index < -0.39 is 61.3 Å². The van der Waals surface area contributed by atoms with E-state index >= 15 is 0 Å². The van der Waals surface area contributed by atoms with E-state index in [1.807, 2.05) is 0 Å². The summed E-state index contributed by atoms with van der Waals surface area (Å²) in [5.74, 6) is -4.60. The van der Waals surface area contributed by atoms with E-state index in [1.165, 1.54) is 12.1 Å². The number of esters is 6. The van der Waals surface area contributed by atoms with Crippen molar-refractivity contribution in [1.29, 1.82) is 5.26 Å². The number of nitriles is 1. The smallest absolute Gasteiger partial charge is 0.462 e. The average Bonchev–Trinajstić information content (AvgIpc) is 3.64. The van der Waals surface area contributed by atoms with Crippen LogP contribution in [0.5, 0.6) is 11.5 Å². The highest BCUT2D eigenvalue weighted by Crippen LogP contribution is 2.59. The molecule has 0 aromatic heterocycles. The molecule has 0 unspecified atom stereocenters. The van der Waals surface area contributed by atoms with Gasteiger partial charge in [0.15, 0.2) is 0 Å². The summed E-state index contributed by atoms with van der Waals surface area (Å²) in [5.41, 5.74) is -0.286. The molecular weight excluding hydrogens is 789 g/mol. The molecule has 0 bridgehead atoms. The van der Waals surface area contributed by atoms with Crippen molar-refractivity contribution in [3.8, 4) is 17.6 Å². The van der Waals surface area contributed by atoms with Crippen molar-refractivity contribution >= 4 is 71.7 Å². The van der Waals surface area contributed by atoms with Gasteiger partial charge in [0, 0.05) is 12.2 Å². The van der Waals surface area contributed by atoms with Gasteiger partial charge in [0.2, 0.25) is 0 Å². The first kappa shape index (κ1) is 45.6. The standard InChI is InChI=1S/C34H32N2O18S2/c1-4-24(37)45-12-14-47-26(39)8-10-28(41)49-16-18-51-33(43)53-22-6-7-23(31-30(22)55-32(56-31)21(20-35)36-3)54-34(44)52-19-17-50-29(42)11-9-27(40)48-15-13-46-25(38)5-2/h4-7H,1-2,8-19H2. The number of allylic oxidation sites excluding steroid dienone is 1. The second-order valence-corrected chi connectivity index (χ2v) is 12.1. The fourth-order valence-electron chi connectivity index (χ4n) is 3.51. The SMILES string of the molecule is [C-]#[N+]C(C#N)=C1Sc2c(OC(=O)OCCOC(=O)CCC(=O)OCCOC(=O)C=C)ccc(OC(=O)OCCOC(=O)CCC(=O)OCCOC(=O)C=C)c2S1. The highest BCUT2D eigenvalue weighted by atomic mass is 32.2. The van der Waals surface area contributed by atoms with Gasteiger partial charge < -0.3 is 47.4 Å². The molecule has 20 nitrogen and oxygen atoms in total. The van der Waals surface area contributed by atoms with Crippen LogP contribution >= 0.6 is 23.5 Å². The van der Waals surface area contributed by atoms with Crippen LogP contribution in [-0.2, 0) is 66.7 Å². The predicted octanol–water partition coefficient (Wildman–Crippen LogP) is 3.72. The number of ether oxygens (including phenoxy) is 10. The molecule has 0 amide bonds. The lowest BCUT2D eigenvalue weighted by Crippen LogP contribution is -2.18. The summed E-state index contributed by atoms with van der Waals surface area (Å²) < 4.78 is 49.2. The number of hydrogen-bond donors (Lipinski definition) is 0. The summed E-state index contributed by atoms with van der Waals surface area (Å²) in [4.78, 5) is 97.3. The van der Waals surface area contributed by atoms with Crippen LogP contribution in [0.25, 0.3) is 4.85 Å². The van der Waals surface area contributed by atoms with Gasteiger partial charge in [-0.15, -0.1) is 0 Å². The molecule has 22 heteroatoms. The molecule has 298 valence electrons. The van der Waals surface area contributed by atoms with Gasteiger partial charge in [0.05, 0.1) is 52.4 Å². The minimum atomic E-state index is -1.22. The highest BCUT2D eigenvalue weighted by molar-refractivity contribution is 8.24. The van der Waals surface area contributed by atoms with Crippen molar-refractivity contribution < 1.29 is 85.7 Å².